The van der Waals surface area contributed by atoms with E-state index in [4.69, 9.17) is 4.74 Å². The molecule has 0 bridgehead atoms. The highest BCUT2D eigenvalue weighted by Crippen LogP contribution is 2.20. The van der Waals surface area contributed by atoms with E-state index in [-0.39, 0.29) is 42.6 Å². The van der Waals surface area contributed by atoms with Crippen molar-refractivity contribution in [3.05, 3.63) is 29.6 Å². The molecule has 3 amide bonds. The second-order valence-corrected chi connectivity index (χ2v) is 7.63. The number of urea groups is 1. The Labute approximate surface area is 182 Å². The minimum absolute atomic E-state index is 0.0581. The maximum absolute atomic E-state index is 13.9. The average Bonchev–Trinajstić information content (AvgIpc) is 3.07. The van der Waals surface area contributed by atoms with Crippen LogP contribution >= 0.6 is 0 Å². The lowest BCUT2D eigenvalue weighted by Crippen LogP contribution is -2.48. The van der Waals surface area contributed by atoms with Crippen molar-refractivity contribution in [3.63, 3.8) is 0 Å². The van der Waals surface area contributed by atoms with Gasteiger partial charge in [0.05, 0.1) is 26.7 Å². The fourth-order valence-corrected chi connectivity index (χ4v) is 3.76. The molecule has 2 saturated heterocycles. The van der Waals surface area contributed by atoms with Crippen LogP contribution in [0.4, 0.5) is 9.18 Å². The number of amides is 3. The van der Waals surface area contributed by atoms with E-state index in [1.165, 1.54) is 18.1 Å². The number of aliphatic imine (C=N–C) groups is 1. The molecule has 170 valence electrons. The van der Waals surface area contributed by atoms with Gasteiger partial charge in [0, 0.05) is 32.2 Å². The molecule has 31 heavy (non-hydrogen) atoms. The number of carbonyl (C=O) groups excluding carboxylic acids is 2. The normalized spacial score (nSPS) is 18.3. The topological polar surface area (TPSA) is 98.3 Å². The molecule has 0 atom stereocenters. The van der Waals surface area contributed by atoms with Crippen LogP contribution in [-0.4, -0.2) is 80.1 Å². The summed E-state index contributed by atoms with van der Waals surface area (Å²) in [5.74, 6) is 0.389. The summed E-state index contributed by atoms with van der Waals surface area (Å²) in [5, 5.41) is 9.16. The van der Waals surface area contributed by atoms with Crippen molar-refractivity contribution in [1.82, 2.24) is 25.8 Å². The van der Waals surface area contributed by atoms with Crippen LogP contribution in [0.25, 0.3) is 0 Å². The molecular formula is C21H31FN6O3. The molecule has 0 unspecified atom stereocenters. The minimum atomic E-state index is -0.359. The Hall–Kier alpha value is -2.88. The largest absolute Gasteiger partial charge is 0.494 e. The zero-order chi connectivity index (χ0) is 22.2. The van der Waals surface area contributed by atoms with Crippen LogP contribution in [0.5, 0.6) is 5.75 Å². The molecule has 9 nitrogen and oxygen atoms in total. The zero-order valence-electron chi connectivity index (χ0n) is 18.1. The average molecular weight is 435 g/mol. The number of nitrogens with one attached hydrogen (secondary N) is 3. The predicted octanol–water partition coefficient (Wildman–Crippen LogP) is 0.906. The Balaban J connectivity index is 1.45. The number of piperidine rings is 1. The van der Waals surface area contributed by atoms with E-state index in [9.17, 15) is 14.0 Å². The number of nitrogens with zero attached hydrogens (tertiary/aromatic N) is 3. The summed E-state index contributed by atoms with van der Waals surface area (Å²) in [6.45, 7) is 5.87. The standard InChI is InChI=1S/C21H31FN6O3/c1-3-23-20(24-8-11-28-19(29)13-25-21(28)30)26-16-6-9-27(10-7-16)14-15-4-5-18(31-2)17(22)12-15/h4-5,12,16H,3,6-11,13-14H2,1-2H3,(H,25,30)(H2,23,24,26). The van der Waals surface area contributed by atoms with E-state index in [1.807, 2.05) is 13.0 Å². The van der Waals surface area contributed by atoms with Gasteiger partial charge in [-0.25, -0.2) is 9.18 Å². The Morgan fingerprint density at radius 3 is 2.71 bits per heavy atom. The number of carbonyl (C=O) groups is 2. The quantitative estimate of drug-likeness (QED) is 0.320. The van der Waals surface area contributed by atoms with Crippen LogP contribution in [0, 0.1) is 5.82 Å². The number of guanidine groups is 1. The number of likely N-dealkylation sites (tertiary alicyclic amines) is 1. The highest BCUT2D eigenvalue weighted by molar-refractivity contribution is 6.01. The molecule has 0 spiro atoms. The molecule has 2 aliphatic rings. The minimum Gasteiger partial charge on any atom is -0.494 e. The van der Waals surface area contributed by atoms with E-state index in [0.717, 1.165) is 38.0 Å². The van der Waals surface area contributed by atoms with Crippen LogP contribution < -0.4 is 20.7 Å². The van der Waals surface area contributed by atoms with Gasteiger partial charge in [0.2, 0.25) is 5.91 Å². The van der Waals surface area contributed by atoms with Gasteiger partial charge in [-0.3, -0.25) is 19.6 Å². The third-order valence-electron chi connectivity index (χ3n) is 5.43. The van der Waals surface area contributed by atoms with Crippen LogP contribution in [0.15, 0.2) is 23.2 Å². The fraction of sp³-hybridized carbons (Fsp3) is 0.571. The first-order chi connectivity index (χ1) is 15.0. The number of ether oxygens (including phenoxy) is 1. The number of methoxy groups -OCH3 is 1. The summed E-state index contributed by atoms with van der Waals surface area (Å²) in [7, 11) is 1.46. The van der Waals surface area contributed by atoms with Gasteiger partial charge < -0.3 is 20.7 Å². The monoisotopic (exact) mass is 434 g/mol. The molecule has 3 rings (SSSR count). The first kappa shape index (κ1) is 22.8. The number of imide groups is 1. The molecule has 2 fully saturated rings. The second-order valence-electron chi connectivity index (χ2n) is 7.63. The maximum Gasteiger partial charge on any atom is 0.324 e. The van der Waals surface area contributed by atoms with E-state index < -0.39 is 0 Å². The predicted molar refractivity (Wildman–Crippen MR) is 115 cm³/mol. The maximum atomic E-state index is 13.9. The summed E-state index contributed by atoms with van der Waals surface area (Å²) >= 11 is 0. The molecule has 0 radical (unpaired) electrons. The Kier molecular flexibility index (Phi) is 8.05. The summed E-state index contributed by atoms with van der Waals surface area (Å²) in [5.41, 5.74) is 0.931. The number of hydrogen-bond acceptors (Lipinski definition) is 5. The van der Waals surface area contributed by atoms with Gasteiger partial charge in [-0.2, -0.15) is 0 Å². The first-order valence-corrected chi connectivity index (χ1v) is 10.7. The van der Waals surface area contributed by atoms with E-state index in [1.54, 1.807) is 6.07 Å². The summed E-state index contributed by atoms with van der Waals surface area (Å²) in [6.07, 6.45) is 1.88. The summed E-state index contributed by atoms with van der Waals surface area (Å²) < 4.78 is 18.9. The molecule has 0 saturated carbocycles. The van der Waals surface area contributed by atoms with Crippen molar-refractivity contribution >= 4 is 17.9 Å². The number of benzene rings is 1. The fourth-order valence-electron chi connectivity index (χ4n) is 3.76. The van der Waals surface area contributed by atoms with Crippen molar-refractivity contribution in [2.45, 2.75) is 32.4 Å². The van der Waals surface area contributed by atoms with Crippen LogP contribution in [0.1, 0.15) is 25.3 Å². The molecule has 1 aromatic carbocycles. The lowest BCUT2D eigenvalue weighted by atomic mass is 10.0. The van der Waals surface area contributed by atoms with Crippen molar-refractivity contribution in [3.8, 4) is 5.75 Å². The van der Waals surface area contributed by atoms with E-state index in [0.29, 0.717) is 19.0 Å². The molecular weight excluding hydrogens is 403 g/mol. The van der Waals surface area contributed by atoms with Gasteiger partial charge in [-0.05, 0) is 37.5 Å². The van der Waals surface area contributed by atoms with Gasteiger partial charge in [0.25, 0.3) is 0 Å². The van der Waals surface area contributed by atoms with Gasteiger partial charge in [0.15, 0.2) is 17.5 Å². The summed E-state index contributed by atoms with van der Waals surface area (Å²) in [6, 6.07) is 5.01. The first-order valence-electron chi connectivity index (χ1n) is 10.7. The van der Waals surface area contributed by atoms with Crippen molar-refractivity contribution in [1.29, 1.82) is 0 Å². The Morgan fingerprint density at radius 1 is 1.32 bits per heavy atom. The third kappa shape index (κ3) is 6.30. The smallest absolute Gasteiger partial charge is 0.324 e. The van der Waals surface area contributed by atoms with Gasteiger partial charge in [0.1, 0.15) is 0 Å². The van der Waals surface area contributed by atoms with Gasteiger partial charge in [-0.15, -0.1) is 0 Å². The molecule has 1 aromatic rings. The van der Waals surface area contributed by atoms with Crippen molar-refractivity contribution < 1.29 is 18.7 Å². The van der Waals surface area contributed by atoms with Crippen LogP contribution in [0.2, 0.25) is 0 Å². The van der Waals surface area contributed by atoms with Crippen LogP contribution in [-0.2, 0) is 11.3 Å². The van der Waals surface area contributed by atoms with Crippen molar-refractivity contribution in [2.75, 3.05) is 46.4 Å². The van der Waals surface area contributed by atoms with Crippen molar-refractivity contribution in [2.24, 2.45) is 4.99 Å². The second kappa shape index (κ2) is 10.9. The molecule has 3 N–H and O–H groups in total. The highest BCUT2D eigenvalue weighted by Gasteiger charge is 2.27. The molecule has 2 aliphatic heterocycles. The lowest BCUT2D eigenvalue weighted by Gasteiger charge is -2.33. The molecule has 0 aromatic heterocycles. The number of rotatable bonds is 8. The Morgan fingerprint density at radius 2 is 2.10 bits per heavy atom. The molecule has 0 aliphatic carbocycles. The zero-order valence-corrected chi connectivity index (χ0v) is 18.1. The van der Waals surface area contributed by atoms with E-state index >= 15 is 0 Å². The Bertz CT molecular complexity index is 794. The highest BCUT2D eigenvalue weighted by atomic mass is 19.1. The van der Waals surface area contributed by atoms with Gasteiger partial charge >= 0.3 is 6.03 Å². The van der Waals surface area contributed by atoms with Gasteiger partial charge in [-0.1, -0.05) is 6.07 Å². The number of halogens is 1. The van der Waals surface area contributed by atoms with Crippen LogP contribution in [0.3, 0.4) is 0 Å². The summed E-state index contributed by atoms with van der Waals surface area (Å²) in [4.78, 5) is 31.2. The third-order valence-corrected chi connectivity index (χ3v) is 5.43. The van der Waals surface area contributed by atoms with E-state index in [2.05, 4.69) is 25.8 Å². The molecule has 2 heterocycles. The number of hydrogen-bond donors (Lipinski definition) is 3. The lowest BCUT2D eigenvalue weighted by molar-refractivity contribution is -0.124. The SMILES string of the molecule is CCNC(=NCCN1C(=O)CNC1=O)NC1CCN(Cc2ccc(OC)c(F)c2)CC1. The molecule has 10 heteroatoms.